The van der Waals surface area contributed by atoms with E-state index in [-0.39, 0.29) is 5.78 Å². The molecule has 0 unspecified atom stereocenters. The lowest BCUT2D eigenvalue weighted by Crippen LogP contribution is -2.01. The van der Waals surface area contributed by atoms with Gasteiger partial charge in [0.1, 0.15) is 5.78 Å². The van der Waals surface area contributed by atoms with E-state index in [9.17, 15) is 4.79 Å². The lowest BCUT2D eigenvalue weighted by atomic mass is 10.1. The Balaban J connectivity index is 2.93. The van der Waals surface area contributed by atoms with Gasteiger partial charge in [-0.1, -0.05) is 36.2 Å². The fourth-order valence-electron chi connectivity index (χ4n) is 1.02. The van der Waals surface area contributed by atoms with Gasteiger partial charge in [0, 0.05) is 22.9 Å². The summed E-state index contributed by atoms with van der Waals surface area (Å²) in [5, 5.41) is 1.13. The Hall–Kier alpha value is -0.530. The van der Waals surface area contributed by atoms with Crippen molar-refractivity contribution in [3.05, 3.63) is 33.8 Å². The zero-order valence-corrected chi connectivity index (χ0v) is 8.82. The Bertz CT molecular complexity index is 300. The van der Waals surface area contributed by atoms with Crippen molar-refractivity contribution in [1.82, 2.24) is 0 Å². The molecule has 0 atom stereocenters. The topological polar surface area (TPSA) is 17.1 Å². The van der Waals surface area contributed by atoms with E-state index < -0.39 is 0 Å². The van der Waals surface area contributed by atoms with Crippen molar-refractivity contribution in [2.75, 3.05) is 0 Å². The summed E-state index contributed by atoms with van der Waals surface area (Å²) < 4.78 is 0. The van der Waals surface area contributed by atoms with Crippen molar-refractivity contribution < 1.29 is 4.79 Å². The highest BCUT2D eigenvalue weighted by molar-refractivity contribution is 6.36. The molecule has 0 amide bonds. The second-order valence-corrected chi connectivity index (χ2v) is 3.58. The van der Waals surface area contributed by atoms with E-state index in [0.717, 1.165) is 5.56 Å². The van der Waals surface area contributed by atoms with E-state index in [1.807, 2.05) is 6.92 Å². The van der Waals surface area contributed by atoms with Crippen LogP contribution in [0.1, 0.15) is 18.9 Å². The number of hydrogen-bond acceptors (Lipinski definition) is 1. The SMILES string of the molecule is CCC(=O)Cc1c(Cl)cccc1Cl. The molecule has 1 nitrogen and oxygen atoms in total. The Morgan fingerprint density at radius 3 is 2.31 bits per heavy atom. The first-order valence-electron chi connectivity index (χ1n) is 4.09. The minimum atomic E-state index is 0.148. The van der Waals surface area contributed by atoms with Crippen LogP contribution in [0.3, 0.4) is 0 Å². The average molecular weight is 217 g/mol. The molecule has 0 aliphatic rings. The first-order valence-corrected chi connectivity index (χ1v) is 4.85. The van der Waals surface area contributed by atoms with Crippen LogP contribution in [0.25, 0.3) is 0 Å². The maximum atomic E-state index is 11.2. The number of ketones is 1. The standard InChI is InChI=1S/C10H10Cl2O/c1-2-7(13)6-8-9(11)4-3-5-10(8)12/h3-5H,2,6H2,1H3. The third kappa shape index (κ3) is 2.71. The van der Waals surface area contributed by atoms with Gasteiger partial charge in [-0.3, -0.25) is 4.79 Å². The third-order valence-electron chi connectivity index (χ3n) is 1.83. The van der Waals surface area contributed by atoms with Crippen molar-refractivity contribution in [2.45, 2.75) is 19.8 Å². The van der Waals surface area contributed by atoms with E-state index in [0.29, 0.717) is 22.9 Å². The van der Waals surface area contributed by atoms with E-state index in [4.69, 9.17) is 23.2 Å². The largest absolute Gasteiger partial charge is 0.299 e. The molecule has 3 heteroatoms. The molecule has 0 fully saturated rings. The Morgan fingerprint density at radius 2 is 1.85 bits per heavy atom. The summed E-state index contributed by atoms with van der Waals surface area (Å²) in [5.41, 5.74) is 0.734. The molecule has 1 aromatic rings. The Morgan fingerprint density at radius 1 is 1.31 bits per heavy atom. The summed E-state index contributed by atoms with van der Waals surface area (Å²) in [5.74, 6) is 0.148. The van der Waals surface area contributed by atoms with Crippen molar-refractivity contribution in [3.63, 3.8) is 0 Å². The van der Waals surface area contributed by atoms with Gasteiger partial charge in [0.05, 0.1) is 0 Å². The summed E-state index contributed by atoms with van der Waals surface area (Å²) in [6.45, 7) is 1.83. The van der Waals surface area contributed by atoms with Crippen LogP contribution in [0, 0.1) is 0 Å². The van der Waals surface area contributed by atoms with E-state index in [2.05, 4.69) is 0 Å². The molecule has 0 radical (unpaired) electrons. The van der Waals surface area contributed by atoms with Crippen LogP contribution >= 0.6 is 23.2 Å². The van der Waals surface area contributed by atoms with Crippen LogP contribution in [-0.4, -0.2) is 5.78 Å². The fourth-order valence-corrected chi connectivity index (χ4v) is 1.55. The summed E-state index contributed by atoms with van der Waals surface area (Å²) >= 11 is 11.8. The molecule has 0 aliphatic carbocycles. The van der Waals surface area contributed by atoms with Crippen molar-refractivity contribution in [3.8, 4) is 0 Å². The first kappa shape index (κ1) is 10.6. The van der Waals surface area contributed by atoms with E-state index in [1.54, 1.807) is 18.2 Å². The van der Waals surface area contributed by atoms with Crippen molar-refractivity contribution >= 4 is 29.0 Å². The van der Waals surface area contributed by atoms with Crippen LogP contribution < -0.4 is 0 Å². The number of carbonyl (C=O) groups excluding carboxylic acids is 1. The van der Waals surface area contributed by atoms with Crippen LogP contribution in [0.4, 0.5) is 0 Å². The third-order valence-corrected chi connectivity index (χ3v) is 2.54. The predicted molar refractivity (Wildman–Crippen MR) is 55.5 cm³/mol. The molecule has 0 saturated carbocycles. The Labute approximate surface area is 87.7 Å². The summed E-state index contributed by atoms with van der Waals surface area (Å²) in [6.07, 6.45) is 0.844. The molecule has 0 heterocycles. The highest BCUT2D eigenvalue weighted by atomic mass is 35.5. The second-order valence-electron chi connectivity index (χ2n) is 2.77. The van der Waals surface area contributed by atoms with Gasteiger partial charge in [-0.15, -0.1) is 0 Å². The van der Waals surface area contributed by atoms with Gasteiger partial charge in [0.15, 0.2) is 0 Å². The zero-order chi connectivity index (χ0) is 9.84. The van der Waals surface area contributed by atoms with E-state index >= 15 is 0 Å². The maximum absolute atomic E-state index is 11.2. The van der Waals surface area contributed by atoms with Crippen molar-refractivity contribution in [1.29, 1.82) is 0 Å². The molecular formula is C10H10Cl2O. The number of rotatable bonds is 3. The number of hydrogen-bond donors (Lipinski definition) is 0. The summed E-state index contributed by atoms with van der Waals surface area (Å²) in [4.78, 5) is 11.2. The first-order chi connectivity index (χ1) is 6.15. The summed E-state index contributed by atoms with van der Waals surface area (Å²) in [6, 6.07) is 5.25. The van der Waals surface area contributed by atoms with Gasteiger partial charge in [-0.2, -0.15) is 0 Å². The lowest BCUT2D eigenvalue weighted by Gasteiger charge is -2.04. The molecule has 0 saturated heterocycles. The Kier molecular flexibility index (Phi) is 3.76. The van der Waals surface area contributed by atoms with Crippen LogP contribution in [0.15, 0.2) is 18.2 Å². The maximum Gasteiger partial charge on any atom is 0.137 e. The highest BCUT2D eigenvalue weighted by Crippen LogP contribution is 2.24. The molecule has 70 valence electrons. The molecule has 0 N–H and O–H groups in total. The second kappa shape index (κ2) is 4.64. The molecule has 1 rings (SSSR count). The van der Waals surface area contributed by atoms with E-state index in [1.165, 1.54) is 0 Å². The van der Waals surface area contributed by atoms with Gasteiger partial charge < -0.3 is 0 Å². The molecule has 1 aromatic carbocycles. The van der Waals surface area contributed by atoms with Gasteiger partial charge in [-0.25, -0.2) is 0 Å². The molecule has 0 bridgehead atoms. The molecule has 13 heavy (non-hydrogen) atoms. The van der Waals surface area contributed by atoms with Gasteiger partial charge in [-0.05, 0) is 17.7 Å². The summed E-state index contributed by atoms with van der Waals surface area (Å²) in [7, 11) is 0. The smallest absolute Gasteiger partial charge is 0.137 e. The number of carbonyl (C=O) groups is 1. The van der Waals surface area contributed by atoms with Crippen LogP contribution in [0.5, 0.6) is 0 Å². The minimum absolute atomic E-state index is 0.148. The average Bonchev–Trinajstić information content (AvgIpc) is 2.11. The lowest BCUT2D eigenvalue weighted by molar-refractivity contribution is -0.118. The minimum Gasteiger partial charge on any atom is -0.299 e. The number of benzene rings is 1. The van der Waals surface area contributed by atoms with Crippen LogP contribution in [0.2, 0.25) is 10.0 Å². The predicted octanol–water partition coefficient (Wildman–Crippen LogP) is 3.52. The van der Waals surface area contributed by atoms with Crippen molar-refractivity contribution in [2.24, 2.45) is 0 Å². The molecule has 0 aromatic heterocycles. The number of halogens is 2. The monoisotopic (exact) mass is 216 g/mol. The normalized spacial score (nSPS) is 10.1. The zero-order valence-electron chi connectivity index (χ0n) is 7.31. The molecular weight excluding hydrogens is 207 g/mol. The van der Waals surface area contributed by atoms with Gasteiger partial charge >= 0.3 is 0 Å². The molecule has 0 aliphatic heterocycles. The molecule has 0 spiro atoms. The number of Topliss-reactive ketones (excluding diaryl/α,β-unsaturated/α-hetero) is 1. The van der Waals surface area contributed by atoms with Gasteiger partial charge in [0.2, 0.25) is 0 Å². The highest BCUT2D eigenvalue weighted by Gasteiger charge is 2.08. The fraction of sp³-hybridized carbons (Fsp3) is 0.300. The van der Waals surface area contributed by atoms with Crippen LogP contribution in [-0.2, 0) is 11.2 Å². The quantitative estimate of drug-likeness (QED) is 0.756. The van der Waals surface area contributed by atoms with Gasteiger partial charge in [0.25, 0.3) is 0 Å².